The third kappa shape index (κ3) is 6.65. The van der Waals surface area contributed by atoms with Crippen LogP contribution in [0.3, 0.4) is 0 Å². The van der Waals surface area contributed by atoms with Crippen LogP contribution in [-0.2, 0) is 30.7 Å². The molecule has 15 heteroatoms. The fourth-order valence-electron chi connectivity index (χ4n) is 5.16. The van der Waals surface area contributed by atoms with Gasteiger partial charge in [-0.05, 0) is 178 Å². The summed E-state index contributed by atoms with van der Waals surface area (Å²) in [5.74, 6) is 0.842. The van der Waals surface area contributed by atoms with Crippen LogP contribution in [0.4, 0.5) is 10.7 Å². The van der Waals surface area contributed by atoms with Crippen molar-refractivity contribution in [1.29, 1.82) is 0 Å². The molecule has 2 N–H and O–H groups in total. The molecule has 2 aromatic carbocycles. The molecule has 42 heavy (non-hydrogen) atoms. The third-order valence-electron chi connectivity index (χ3n) is 6.87. The van der Waals surface area contributed by atoms with Crippen LogP contribution >= 0.6 is 121 Å². The number of carbonyl (C=O) groups excluding carboxylic acids is 1. The number of halogens is 7. The van der Waals surface area contributed by atoms with E-state index in [9.17, 15) is 4.79 Å². The summed E-state index contributed by atoms with van der Waals surface area (Å²) in [6.07, 6.45) is 3.91. The number of benzene rings is 2. The van der Waals surface area contributed by atoms with Crippen LogP contribution in [0.1, 0.15) is 44.7 Å². The molecule has 4 aromatic rings. The van der Waals surface area contributed by atoms with E-state index in [1.54, 1.807) is 0 Å². The van der Waals surface area contributed by atoms with Gasteiger partial charge in [-0.15, -0.1) is 0 Å². The van der Waals surface area contributed by atoms with Gasteiger partial charge in [-0.2, -0.15) is 0 Å². The van der Waals surface area contributed by atoms with Gasteiger partial charge < -0.3 is 24.5 Å². The average Bonchev–Trinajstić information content (AvgIpc) is 3.49. The summed E-state index contributed by atoms with van der Waals surface area (Å²) in [6.45, 7) is 8.50. The van der Waals surface area contributed by atoms with Gasteiger partial charge in [-0.3, -0.25) is 0 Å². The normalized spacial score (nSPS) is 14.1. The smallest absolute Gasteiger partial charge is 0.407 e. The highest BCUT2D eigenvalue weighted by molar-refractivity contribution is 14.1. The van der Waals surface area contributed by atoms with Gasteiger partial charge in [-0.1, -0.05) is 0 Å². The number of aromatic nitrogens is 4. The second-order valence-electron chi connectivity index (χ2n) is 10.9. The van der Waals surface area contributed by atoms with E-state index in [0.717, 1.165) is 80.8 Å². The number of aryl methyl sites for hydroxylation is 4. The van der Waals surface area contributed by atoms with Gasteiger partial charge in [0.1, 0.15) is 16.6 Å². The lowest BCUT2D eigenvalue weighted by molar-refractivity contribution is 0.0530. The van der Waals surface area contributed by atoms with Gasteiger partial charge in [-0.25, -0.2) is 14.8 Å². The molecule has 0 atom stereocenters. The molecule has 0 bridgehead atoms. The molecule has 8 nitrogen and oxygen atoms in total. The summed E-state index contributed by atoms with van der Waals surface area (Å²) >= 11 is 25.4. The first-order valence-electron chi connectivity index (χ1n) is 13.3. The van der Waals surface area contributed by atoms with Crippen LogP contribution < -0.4 is 10.6 Å². The van der Waals surface area contributed by atoms with Crippen LogP contribution in [0.5, 0.6) is 0 Å². The average molecular weight is 1080 g/mol. The van der Waals surface area contributed by atoms with Crippen molar-refractivity contribution >= 4 is 155 Å². The molecule has 0 fully saturated rings. The second kappa shape index (κ2) is 13.5. The van der Waals surface area contributed by atoms with Crippen molar-refractivity contribution in [2.75, 3.05) is 18.4 Å². The molecule has 0 saturated carbocycles. The summed E-state index contributed by atoms with van der Waals surface area (Å²) in [7, 11) is 0. The standard InChI is InChI=1S/C17H21Br2IN4O2.C10H6Br2ClIN2/c1-17(2,3)26-16(25)22-7-6-21-15-23-13-12(20)11(19)10(18)9-5-4-8-24(15)14(9)13;11-5-4-2-1-3-16-9(4)8(15-10(16)13)7(14)6(5)12/h4-8H2,1-3H3,(H,21,23)(H,22,25);1-3H2. The van der Waals surface area contributed by atoms with E-state index in [-0.39, 0.29) is 0 Å². The zero-order valence-corrected chi connectivity index (χ0v) is 34.3. The van der Waals surface area contributed by atoms with Gasteiger partial charge in [0.2, 0.25) is 11.2 Å². The van der Waals surface area contributed by atoms with Crippen molar-refractivity contribution in [3.63, 3.8) is 0 Å². The highest BCUT2D eigenvalue weighted by atomic mass is 127. The highest BCUT2D eigenvalue weighted by Gasteiger charge is 2.26. The van der Waals surface area contributed by atoms with E-state index in [4.69, 9.17) is 21.3 Å². The fourth-order valence-corrected chi connectivity index (χ4v) is 9.47. The quantitative estimate of drug-likeness (QED) is 0.121. The SMILES string of the molecule is CC(C)(C)OC(=O)NCCNc1nc2c(I)c(Br)c(Br)c3c2n1CCC3.Clc1nc2c(I)c(Br)c(Br)c3c2n1CCC3. The van der Waals surface area contributed by atoms with Crippen molar-refractivity contribution < 1.29 is 9.53 Å². The Bertz CT molecular complexity index is 1720. The Balaban J connectivity index is 0.000000187. The first-order chi connectivity index (χ1) is 19.8. The summed E-state index contributed by atoms with van der Waals surface area (Å²) in [4.78, 5) is 21.0. The van der Waals surface area contributed by atoms with Gasteiger partial charge in [0, 0.05) is 44.1 Å². The lowest BCUT2D eigenvalue weighted by atomic mass is 10.0. The number of ether oxygens (including phenoxy) is 1. The molecular formula is C27H27Br4ClI2N6O2. The van der Waals surface area contributed by atoms with Crippen molar-refractivity contribution in [3.05, 3.63) is 41.4 Å². The predicted octanol–water partition coefficient (Wildman–Crippen LogP) is 9.81. The van der Waals surface area contributed by atoms with Crippen molar-refractivity contribution in [2.45, 2.75) is 65.1 Å². The molecule has 2 aromatic heterocycles. The molecule has 226 valence electrons. The largest absolute Gasteiger partial charge is 0.444 e. The molecule has 2 aliphatic rings. The summed E-state index contributed by atoms with van der Waals surface area (Å²) in [6, 6.07) is 0. The zero-order chi connectivity index (χ0) is 30.5. The number of amides is 1. The number of anilines is 1. The number of hydrogen-bond acceptors (Lipinski definition) is 5. The van der Waals surface area contributed by atoms with E-state index >= 15 is 0 Å². The summed E-state index contributed by atoms with van der Waals surface area (Å²) < 4.78 is 16.2. The maximum Gasteiger partial charge on any atom is 0.407 e. The van der Waals surface area contributed by atoms with Crippen LogP contribution in [0, 0.1) is 7.14 Å². The van der Waals surface area contributed by atoms with E-state index < -0.39 is 11.7 Å². The summed E-state index contributed by atoms with van der Waals surface area (Å²) in [5, 5.41) is 6.70. The Labute approximate surface area is 310 Å². The zero-order valence-electron chi connectivity index (χ0n) is 22.9. The van der Waals surface area contributed by atoms with E-state index in [1.165, 1.54) is 22.2 Å². The monoisotopic (exact) mass is 1070 g/mol. The molecule has 0 aliphatic carbocycles. The highest BCUT2D eigenvalue weighted by Crippen LogP contribution is 2.43. The molecule has 0 saturated heterocycles. The van der Waals surface area contributed by atoms with Crippen molar-refractivity contribution in [3.8, 4) is 0 Å². The maximum absolute atomic E-state index is 11.7. The Hall–Kier alpha value is 0.120. The maximum atomic E-state index is 11.7. The van der Waals surface area contributed by atoms with Crippen LogP contribution in [0.2, 0.25) is 5.28 Å². The van der Waals surface area contributed by atoms with Gasteiger partial charge in [0.25, 0.3) is 0 Å². The number of nitrogens with one attached hydrogen (secondary N) is 2. The molecule has 1 amide bonds. The molecule has 0 unspecified atom stereocenters. The van der Waals surface area contributed by atoms with Gasteiger partial charge in [0.15, 0.2) is 0 Å². The Morgan fingerprint density at radius 1 is 0.881 bits per heavy atom. The Morgan fingerprint density at radius 2 is 1.40 bits per heavy atom. The number of carbonyl (C=O) groups is 1. The Kier molecular flexibility index (Phi) is 10.7. The van der Waals surface area contributed by atoms with Gasteiger partial charge >= 0.3 is 6.09 Å². The molecule has 6 rings (SSSR count). The van der Waals surface area contributed by atoms with E-state index in [0.29, 0.717) is 18.4 Å². The number of rotatable bonds is 4. The summed E-state index contributed by atoms with van der Waals surface area (Å²) in [5.41, 5.74) is 6.53. The first kappa shape index (κ1) is 33.5. The lowest BCUT2D eigenvalue weighted by Gasteiger charge is -2.20. The predicted molar refractivity (Wildman–Crippen MR) is 200 cm³/mol. The minimum atomic E-state index is -0.490. The molecule has 2 aliphatic heterocycles. The topological polar surface area (TPSA) is 86.0 Å². The fraction of sp³-hybridized carbons (Fsp3) is 0.444. The Morgan fingerprint density at radius 3 is 1.98 bits per heavy atom. The van der Waals surface area contributed by atoms with Crippen molar-refractivity contribution in [1.82, 2.24) is 24.4 Å². The van der Waals surface area contributed by atoms with Gasteiger partial charge in [0.05, 0.1) is 18.2 Å². The number of hydrogen-bond donors (Lipinski definition) is 2. The first-order valence-corrected chi connectivity index (χ1v) is 19.0. The number of alkyl carbamates (subject to hydrolysis) is 1. The van der Waals surface area contributed by atoms with E-state index in [1.807, 2.05) is 20.8 Å². The molecular weight excluding hydrogens is 1050 g/mol. The van der Waals surface area contributed by atoms with Crippen LogP contribution in [0.15, 0.2) is 17.9 Å². The lowest BCUT2D eigenvalue weighted by Crippen LogP contribution is -2.35. The van der Waals surface area contributed by atoms with Crippen LogP contribution in [-0.4, -0.2) is 43.9 Å². The number of imidazole rings is 2. The second-order valence-corrected chi connectivity index (χ2v) is 16.6. The molecule has 0 spiro atoms. The molecule has 0 radical (unpaired) electrons. The minimum absolute atomic E-state index is 0.404. The minimum Gasteiger partial charge on any atom is -0.444 e. The number of nitrogens with zero attached hydrogens (tertiary/aromatic N) is 4. The van der Waals surface area contributed by atoms with Crippen molar-refractivity contribution in [2.24, 2.45) is 0 Å². The van der Waals surface area contributed by atoms with Crippen LogP contribution in [0.25, 0.3) is 22.1 Å². The van der Waals surface area contributed by atoms with E-state index in [2.05, 4.69) is 134 Å². The third-order valence-corrected chi connectivity index (χ3v) is 15.1. The molecule has 4 heterocycles.